The quantitative estimate of drug-likeness (QED) is 0.439. The van der Waals surface area contributed by atoms with Crippen LogP contribution in [0.4, 0.5) is 16.3 Å². The molecule has 10 heteroatoms. The zero-order chi connectivity index (χ0) is 16.0. The molecule has 3 N–H and O–H groups in total. The van der Waals surface area contributed by atoms with Crippen molar-refractivity contribution in [2.24, 2.45) is 0 Å². The van der Waals surface area contributed by atoms with Crippen LogP contribution in [0.1, 0.15) is 32.1 Å². The second-order valence-electron chi connectivity index (χ2n) is 5.91. The standard InChI is InChI=1S/C12H14ClN5O4/c13-8-7(18(21)22)9(15-6-14-8)16-11-1-3-12(5-11,4-2-11)17-10(19)20/h6,17H,1-5H2,(H,19,20)(H,14,15,16). The number of carboxylic acid groups (broad SMARTS) is 1. The predicted molar refractivity (Wildman–Crippen MR) is 77.0 cm³/mol. The fraction of sp³-hybridized carbons (Fsp3) is 0.583. The molecule has 1 aromatic heterocycles. The summed E-state index contributed by atoms with van der Waals surface area (Å²) in [6.07, 6.45) is 3.51. The maximum Gasteiger partial charge on any atom is 0.405 e. The Morgan fingerprint density at radius 1 is 1.32 bits per heavy atom. The number of hydrogen-bond acceptors (Lipinski definition) is 6. The van der Waals surface area contributed by atoms with Crippen molar-refractivity contribution >= 4 is 29.2 Å². The lowest BCUT2D eigenvalue weighted by atomic mass is 9.91. The normalized spacial score (nSPS) is 29.3. The first kappa shape index (κ1) is 14.8. The van der Waals surface area contributed by atoms with E-state index in [4.69, 9.17) is 16.7 Å². The molecule has 3 rings (SSSR count). The lowest BCUT2D eigenvalue weighted by Crippen LogP contribution is -2.44. The number of nitrogens with one attached hydrogen (secondary N) is 2. The highest BCUT2D eigenvalue weighted by molar-refractivity contribution is 6.31. The Hall–Kier alpha value is -2.16. The molecule has 0 atom stereocenters. The van der Waals surface area contributed by atoms with Crippen molar-refractivity contribution in [2.75, 3.05) is 5.32 Å². The Bertz CT molecular complexity index is 644. The summed E-state index contributed by atoms with van der Waals surface area (Å²) in [5, 5.41) is 25.6. The minimum absolute atomic E-state index is 0.0815. The summed E-state index contributed by atoms with van der Waals surface area (Å²) >= 11 is 5.78. The van der Waals surface area contributed by atoms with Gasteiger partial charge in [-0.05, 0) is 32.1 Å². The van der Waals surface area contributed by atoms with E-state index in [2.05, 4.69) is 20.6 Å². The molecule has 2 bridgehead atoms. The van der Waals surface area contributed by atoms with Crippen molar-refractivity contribution in [3.8, 4) is 0 Å². The van der Waals surface area contributed by atoms with Gasteiger partial charge >= 0.3 is 11.8 Å². The van der Waals surface area contributed by atoms with E-state index in [1.165, 1.54) is 6.33 Å². The molecule has 0 aliphatic heterocycles. The van der Waals surface area contributed by atoms with Gasteiger partial charge in [-0.25, -0.2) is 14.8 Å². The molecular formula is C12H14ClN5O4. The lowest BCUT2D eigenvalue weighted by Gasteiger charge is -2.28. The molecule has 0 radical (unpaired) electrons. The SMILES string of the molecule is O=C(O)NC12CCC(Nc3ncnc(Cl)c3[N+](=O)[O-])(CC1)C2. The lowest BCUT2D eigenvalue weighted by molar-refractivity contribution is -0.384. The molecule has 2 saturated carbocycles. The predicted octanol–water partition coefficient (Wildman–Crippen LogP) is 2.17. The molecule has 22 heavy (non-hydrogen) atoms. The number of carbonyl (C=O) groups is 1. The van der Waals surface area contributed by atoms with Gasteiger partial charge < -0.3 is 15.7 Å². The highest BCUT2D eigenvalue weighted by Gasteiger charge is 2.55. The number of rotatable bonds is 4. The molecule has 118 valence electrons. The van der Waals surface area contributed by atoms with Gasteiger partial charge in [-0.15, -0.1) is 0 Å². The molecule has 2 aliphatic carbocycles. The Balaban J connectivity index is 1.85. The summed E-state index contributed by atoms with van der Waals surface area (Å²) in [4.78, 5) is 29.0. The van der Waals surface area contributed by atoms with Crippen molar-refractivity contribution in [2.45, 2.75) is 43.2 Å². The van der Waals surface area contributed by atoms with Crippen LogP contribution >= 0.6 is 11.6 Å². The monoisotopic (exact) mass is 327 g/mol. The molecule has 0 aromatic carbocycles. The van der Waals surface area contributed by atoms with Gasteiger partial charge in [-0.1, -0.05) is 11.6 Å². The first-order valence-corrected chi connectivity index (χ1v) is 7.17. The Morgan fingerprint density at radius 2 is 1.95 bits per heavy atom. The van der Waals surface area contributed by atoms with Crippen LogP contribution in [-0.2, 0) is 0 Å². The molecule has 0 saturated heterocycles. The van der Waals surface area contributed by atoms with Gasteiger partial charge in [0.15, 0.2) is 0 Å². The molecule has 9 nitrogen and oxygen atoms in total. The van der Waals surface area contributed by atoms with Crippen molar-refractivity contribution in [1.82, 2.24) is 15.3 Å². The third kappa shape index (κ3) is 2.41. The molecule has 2 fully saturated rings. The minimum atomic E-state index is -1.05. The summed E-state index contributed by atoms with van der Waals surface area (Å²) in [7, 11) is 0. The third-order valence-corrected chi connectivity index (χ3v) is 4.83. The molecule has 0 unspecified atom stereocenters. The minimum Gasteiger partial charge on any atom is -0.465 e. The fourth-order valence-corrected chi connectivity index (χ4v) is 3.84. The van der Waals surface area contributed by atoms with Gasteiger partial charge in [0.25, 0.3) is 0 Å². The van der Waals surface area contributed by atoms with Crippen LogP contribution in [0.2, 0.25) is 5.15 Å². The number of amides is 1. The number of aromatic nitrogens is 2. The van der Waals surface area contributed by atoms with Gasteiger partial charge in [-0.2, -0.15) is 0 Å². The molecule has 1 amide bonds. The Kier molecular flexibility index (Phi) is 3.32. The topological polar surface area (TPSA) is 130 Å². The van der Waals surface area contributed by atoms with Gasteiger partial charge in [-0.3, -0.25) is 10.1 Å². The van der Waals surface area contributed by atoms with Crippen LogP contribution in [0, 0.1) is 10.1 Å². The van der Waals surface area contributed by atoms with E-state index in [0.29, 0.717) is 32.1 Å². The average molecular weight is 328 g/mol. The second-order valence-corrected chi connectivity index (χ2v) is 6.27. The third-order valence-electron chi connectivity index (χ3n) is 4.56. The van der Waals surface area contributed by atoms with Crippen molar-refractivity contribution < 1.29 is 14.8 Å². The van der Waals surface area contributed by atoms with Crippen molar-refractivity contribution in [1.29, 1.82) is 0 Å². The summed E-state index contributed by atoms with van der Waals surface area (Å²) in [5.74, 6) is 0.0815. The average Bonchev–Trinajstić information content (AvgIpc) is 2.92. The van der Waals surface area contributed by atoms with Gasteiger partial charge in [0.1, 0.15) is 6.33 Å². The van der Waals surface area contributed by atoms with E-state index in [0.717, 1.165) is 0 Å². The number of halogens is 1. The summed E-state index contributed by atoms with van der Waals surface area (Å²) in [6, 6.07) is 0. The maximum absolute atomic E-state index is 11.1. The van der Waals surface area contributed by atoms with E-state index < -0.39 is 22.1 Å². The van der Waals surface area contributed by atoms with Crippen LogP contribution < -0.4 is 10.6 Å². The zero-order valence-electron chi connectivity index (χ0n) is 11.5. The van der Waals surface area contributed by atoms with Crippen LogP contribution in [0.15, 0.2) is 6.33 Å². The first-order chi connectivity index (χ1) is 10.3. The number of nitrogens with zero attached hydrogens (tertiary/aromatic N) is 3. The van der Waals surface area contributed by atoms with E-state index in [1.54, 1.807) is 0 Å². The number of fused-ring (bicyclic) bond motifs is 2. The first-order valence-electron chi connectivity index (χ1n) is 6.79. The summed E-state index contributed by atoms with van der Waals surface area (Å²) in [6.45, 7) is 0. The van der Waals surface area contributed by atoms with Crippen molar-refractivity contribution in [3.05, 3.63) is 21.6 Å². The smallest absolute Gasteiger partial charge is 0.405 e. The second kappa shape index (κ2) is 4.94. The Labute approximate surface area is 130 Å². The van der Waals surface area contributed by atoms with E-state index in [1.807, 2.05) is 0 Å². The number of hydrogen-bond donors (Lipinski definition) is 3. The van der Waals surface area contributed by atoms with Gasteiger partial charge in [0, 0.05) is 11.1 Å². The van der Waals surface area contributed by atoms with Crippen LogP contribution in [0.3, 0.4) is 0 Å². The highest BCUT2D eigenvalue weighted by Crippen LogP contribution is 2.52. The van der Waals surface area contributed by atoms with Gasteiger partial charge in [0.05, 0.1) is 4.92 Å². The highest BCUT2D eigenvalue weighted by atomic mass is 35.5. The zero-order valence-corrected chi connectivity index (χ0v) is 12.3. The van der Waals surface area contributed by atoms with Crippen LogP contribution in [-0.4, -0.2) is 37.2 Å². The largest absolute Gasteiger partial charge is 0.465 e. The van der Waals surface area contributed by atoms with E-state index in [9.17, 15) is 14.9 Å². The fourth-order valence-electron chi connectivity index (χ4n) is 3.64. The van der Waals surface area contributed by atoms with Crippen molar-refractivity contribution in [3.63, 3.8) is 0 Å². The molecule has 1 aromatic rings. The van der Waals surface area contributed by atoms with Crippen LogP contribution in [0.5, 0.6) is 0 Å². The molecule has 0 spiro atoms. The number of anilines is 1. The van der Waals surface area contributed by atoms with E-state index >= 15 is 0 Å². The van der Waals surface area contributed by atoms with Gasteiger partial charge in [0.2, 0.25) is 11.0 Å². The Morgan fingerprint density at radius 3 is 2.55 bits per heavy atom. The summed E-state index contributed by atoms with van der Waals surface area (Å²) in [5.41, 5.74) is -1.20. The molecule has 1 heterocycles. The number of nitro groups is 1. The molecule has 2 aliphatic rings. The van der Waals surface area contributed by atoms with Crippen LogP contribution in [0.25, 0.3) is 0 Å². The molecular weight excluding hydrogens is 314 g/mol. The maximum atomic E-state index is 11.1. The summed E-state index contributed by atoms with van der Waals surface area (Å²) < 4.78 is 0. The van der Waals surface area contributed by atoms with E-state index in [-0.39, 0.29) is 16.7 Å².